The highest BCUT2D eigenvalue weighted by Crippen LogP contribution is 2.42. The Hall–Kier alpha value is -0.0400. The smallest absolute Gasteiger partial charge is 0.0619 e. The van der Waals surface area contributed by atoms with E-state index in [2.05, 4.69) is 48.5 Å². The summed E-state index contributed by atoms with van der Waals surface area (Å²) >= 11 is 0. The fraction of sp³-hybridized carbons (Fsp3) is 1.00. The lowest BCUT2D eigenvalue weighted by atomic mass is 9.67. The van der Waals surface area contributed by atoms with Gasteiger partial charge in [-0.15, -0.1) is 0 Å². The molecule has 1 heteroatoms. The standard InChI is InChI=1S/C13H26O.C11H22.CH4/c1-12(2,3)10-6-8-11(9-7-10)13(4,5)14;1-9-5-7-10(8-6-9)11(2,3)4;/h10-11,14H,6-9H2,1-5H3;9-10H,5-8H2,1-4H3;1H4. The number of hydrogen-bond donors (Lipinski definition) is 1. The first-order valence-electron chi connectivity index (χ1n) is 10.9. The first kappa shape index (κ1) is 26.0. The van der Waals surface area contributed by atoms with E-state index in [1.54, 1.807) is 0 Å². The van der Waals surface area contributed by atoms with Gasteiger partial charge in [0.2, 0.25) is 0 Å². The minimum atomic E-state index is -0.469. The molecule has 0 heterocycles. The molecule has 1 N–H and O–H groups in total. The third-order valence-corrected chi connectivity index (χ3v) is 7.19. The molecule has 2 fully saturated rings. The number of rotatable bonds is 1. The average Bonchev–Trinajstić information content (AvgIpc) is 2.46. The second kappa shape index (κ2) is 9.94. The SMILES string of the molecule is C.CC(C)(C)C1CCC(C(C)(C)O)CC1.CC1CCC(C(C)(C)C)CC1. The van der Waals surface area contributed by atoms with Crippen molar-refractivity contribution >= 4 is 0 Å². The molecular formula is C25H52O. The van der Waals surface area contributed by atoms with Crippen LogP contribution in [0.1, 0.15) is 121 Å². The molecule has 2 saturated carbocycles. The van der Waals surface area contributed by atoms with Gasteiger partial charge in [-0.3, -0.25) is 0 Å². The van der Waals surface area contributed by atoms with Gasteiger partial charge in [-0.05, 0) is 86.9 Å². The van der Waals surface area contributed by atoms with Crippen LogP contribution in [-0.4, -0.2) is 10.7 Å². The molecule has 2 aliphatic carbocycles. The normalized spacial score (nSPS) is 30.7. The largest absolute Gasteiger partial charge is 0.390 e. The molecule has 0 unspecified atom stereocenters. The Kier molecular flexibility index (Phi) is 9.93. The van der Waals surface area contributed by atoms with Crippen LogP contribution < -0.4 is 0 Å². The third kappa shape index (κ3) is 8.77. The number of aliphatic hydroxyl groups is 1. The summed E-state index contributed by atoms with van der Waals surface area (Å²) < 4.78 is 0. The molecule has 0 aromatic heterocycles. The first-order chi connectivity index (χ1) is 11.2. The van der Waals surface area contributed by atoms with Crippen LogP contribution in [0.3, 0.4) is 0 Å². The lowest BCUT2D eigenvalue weighted by molar-refractivity contribution is -0.0150. The summed E-state index contributed by atoms with van der Waals surface area (Å²) in [5.74, 6) is 3.34. The maximum Gasteiger partial charge on any atom is 0.0619 e. The minimum absolute atomic E-state index is 0. The van der Waals surface area contributed by atoms with Crippen molar-refractivity contribution in [3.05, 3.63) is 0 Å². The molecule has 0 aliphatic heterocycles. The van der Waals surface area contributed by atoms with E-state index < -0.39 is 5.60 Å². The number of hydrogen-bond acceptors (Lipinski definition) is 1. The summed E-state index contributed by atoms with van der Waals surface area (Å²) in [6, 6.07) is 0. The molecule has 0 radical (unpaired) electrons. The van der Waals surface area contributed by atoms with E-state index in [-0.39, 0.29) is 7.43 Å². The van der Waals surface area contributed by atoms with Crippen molar-refractivity contribution in [2.45, 2.75) is 127 Å². The molecule has 0 spiro atoms. The second-order valence-corrected chi connectivity index (χ2v) is 11.9. The zero-order valence-electron chi connectivity index (χ0n) is 18.9. The van der Waals surface area contributed by atoms with Crippen molar-refractivity contribution in [2.75, 3.05) is 0 Å². The predicted molar refractivity (Wildman–Crippen MR) is 119 cm³/mol. The maximum atomic E-state index is 9.93. The highest BCUT2D eigenvalue weighted by atomic mass is 16.3. The molecular weight excluding hydrogens is 316 g/mol. The third-order valence-electron chi connectivity index (χ3n) is 7.19. The van der Waals surface area contributed by atoms with Crippen LogP contribution in [0.2, 0.25) is 0 Å². The lowest BCUT2D eigenvalue weighted by Crippen LogP contribution is -2.36. The molecule has 0 atom stereocenters. The molecule has 26 heavy (non-hydrogen) atoms. The van der Waals surface area contributed by atoms with E-state index in [4.69, 9.17) is 0 Å². The Morgan fingerprint density at radius 2 is 0.808 bits per heavy atom. The van der Waals surface area contributed by atoms with E-state index in [0.29, 0.717) is 16.7 Å². The van der Waals surface area contributed by atoms with Gasteiger partial charge in [0.25, 0.3) is 0 Å². The maximum absolute atomic E-state index is 9.93. The molecule has 0 amide bonds. The van der Waals surface area contributed by atoms with Crippen molar-refractivity contribution in [3.8, 4) is 0 Å². The Labute approximate surface area is 166 Å². The molecule has 0 aromatic rings. The van der Waals surface area contributed by atoms with Crippen molar-refractivity contribution in [2.24, 2.45) is 34.5 Å². The second-order valence-electron chi connectivity index (χ2n) is 11.9. The van der Waals surface area contributed by atoms with Gasteiger partial charge < -0.3 is 5.11 Å². The predicted octanol–water partition coefficient (Wildman–Crippen LogP) is 8.10. The van der Waals surface area contributed by atoms with Crippen LogP contribution in [0.5, 0.6) is 0 Å². The highest BCUT2D eigenvalue weighted by Gasteiger charge is 2.35. The topological polar surface area (TPSA) is 20.2 Å². The molecule has 1 nitrogen and oxygen atoms in total. The monoisotopic (exact) mass is 368 g/mol. The van der Waals surface area contributed by atoms with Gasteiger partial charge in [0.1, 0.15) is 0 Å². The van der Waals surface area contributed by atoms with Crippen LogP contribution in [0, 0.1) is 34.5 Å². The molecule has 2 rings (SSSR count). The van der Waals surface area contributed by atoms with Crippen LogP contribution >= 0.6 is 0 Å². The van der Waals surface area contributed by atoms with E-state index in [1.807, 2.05) is 13.8 Å². The van der Waals surface area contributed by atoms with Crippen LogP contribution in [0.15, 0.2) is 0 Å². The molecule has 2 aliphatic rings. The van der Waals surface area contributed by atoms with Gasteiger partial charge in [-0.25, -0.2) is 0 Å². The van der Waals surface area contributed by atoms with E-state index in [0.717, 1.165) is 17.8 Å². The summed E-state index contributed by atoms with van der Waals surface area (Å²) in [6.07, 6.45) is 10.8. The summed E-state index contributed by atoms with van der Waals surface area (Å²) in [7, 11) is 0. The van der Waals surface area contributed by atoms with E-state index in [1.165, 1.54) is 51.4 Å². The van der Waals surface area contributed by atoms with Crippen LogP contribution in [0.4, 0.5) is 0 Å². The van der Waals surface area contributed by atoms with Gasteiger partial charge in [-0.1, -0.05) is 68.7 Å². The summed E-state index contributed by atoms with van der Waals surface area (Å²) in [5, 5.41) is 9.93. The van der Waals surface area contributed by atoms with Gasteiger partial charge in [0.05, 0.1) is 5.60 Å². The Balaban J connectivity index is 0.000000475. The fourth-order valence-corrected chi connectivity index (χ4v) is 4.79. The van der Waals surface area contributed by atoms with Crippen molar-refractivity contribution in [3.63, 3.8) is 0 Å². The van der Waals surface area contributed by atoms with Crippen molar-refractivity contribution in [1.29, 1.82) is 0 Å². The van der Waals surface area contributed by atoms with E-state index >= 15 is 0 Å². The van der Waals surface area contributed by atoms with Gasteiger partial charge >= 0.3 is 0 Å². The summed E-state index contributed by atoms with van der Waals surface area (Å²) in [5.41, 5.74) is 0.535. The molecule has 0 aromatic carbocycles. The minimum Gasteiger partial charge on any atom is -0.390 e. The molecule has 158 valence electrons. The van der Waals surface area contributed by atoms with Crippen LogP contribution in [0.25, 0.3) is 0 Å². The van der Waals surface area contributed by atoms with Crippen molar-refractivity contribution in [1.82, 2.24) is 0 Å². The summed E-state index contributed by atoms with van der Waals surface area (Å²) in [6.45, 7) is 20.4. The summed E-state index contributed by atoms with van der Waals surface area (Å²) in [4.78, 5) is 0. The quantitative estimate of drug-likeness (QED) is 0.495. The first-order valence-corrected chi connectivity index (χ1v) is 10.9. The zero-order valence-corrected chi connectivity index (χ0v) is 18.9. The van der Waals surface area contributed by atoms with Gasteiger partial charge in [-0.2, -0.15) is 0 Å². The highest BCUT2D eigenvalue weighted by molar-refractivity contribution is 4.86. The Morgan fingerprint density at radius 1 is 0.538 bits per heavy atom. The molecule has 0 bridgehead atoms. The van der Waals surface area contributed by atoms with Gasteiger partial charge in [0.15, 0.2) is 0 Å². The fourth-order valence-electron chi connectivity index (χ4n) is 4.79. The zero-order chi connectivity index (χ0) is 19.5. The van der Waals surface area contributed by atoms with Crippen LogP contribution in [-0.2, 0) is 0 Å². The van der Waals surface area contributed by atoms with E-state index in [9.17, 15) is 5.11 Å². The Morgan fingerprint density at radius 3 is 1.08 bits per heavy atom. The Bertz CT molecular complexity index is 338. The average molecular weight is 369 g/mol. The lowest BCUT2D eigenvalue weighted by Gasteiger charge is -2.40. The molecule has 0 saturated heterocycles. The van der Waals surface area contributed by atoms with Gasteiger partial charge in [0, 0.05) is 0 Å². The van der Waals surface area contributed by atoms with Crippen molar-refractivity contribution < 1.29 is 5.11 Å².